The van der Waals surface area contributed by atoms with Crippen LogP contribution in [0.15, 0.2) is 32.7 Å². The quantitative estimate of drug-likeness (QED) is 0.573. The molecule has 0 fully saturated rings. The molecule has 1 aromatic heterocycles. The average molecular weight is 335 g/mol. The molecule has 7 nitrogen and oxygen atoms in total. The third kappa shape index (κ3) is 2.89. The Labute approximate surface area is 138 Å². The summed E-state index contributed by atoms with van der Waals surface area (Å²) in [4.78, 5) is 22.5. The monoisotopic (exact) mass is 334 g/mol. The van der Waals surface area contributed by atoms with Crippen molar-refractivity contribution in [2.45, 2.75) is 4.90 Å². The molecular formula is C8H5Cl2N2NaO5S. The zero-order valence-corrected chi connectivity index (χ0v) is 10.7. The molecule has 1 N–H and O–H groups in total. The van der Waals surface area contributed by atoms with Gasteiger partial charge in [-0.3, -0.25) is 9.35 Å². The summed E-state index contributed by atoms with van der Waals surface area (Å²) in [5.74, 6) is 0. The third-order valence-corrected chi connectivity index (χ3v) is 3.70. The Morgan fingerprint density at radius 3 is 2.21 bits per heavy atom. The molecule has 19 heavy (non-hydrogen) atoms. The van der Waals surface area contributed by atoms with E-state index >= 15 is 0 Å². The molecule has 0 spiro atoms. The molecule has 0 saturated carbocycles. The first kappa shape index (κ1) is 16.7. The summed E-state index contributed by atoms with van der Waals surface area (Å²) in [7, 11) is -4.47. The van der Waals surface area contributed by atoms with Crippen LogP contribution in [0.4, 0.5) is 0 Å². The molecule has 0 radical (unpaired) electrons. The van der Waals surface area contributed by atoms with Crippen molar-refractivity contribution in [1.82, 2.24) is 8.17 Å². The van der Waals surface area contributed by atoms with E-state index in [0.29, 0.717) is 4.09 Å². The maximum atomic E-state index is 11.7. The van der Waals surface area contributed by atoms with Crippen molar-refractivity contribution in [2.75, 3.05) is 0 Å². The SMILES string of the molecule is O=c1c2cc(S(=O)(=O)O)ccc2n(Cl)c(=O)n1Cl.[NaH]. The van der Waals surface area contributed by atoms with Crippen molar-refractivity contribution >= 4 is 74.1 Å². The molecule has 0 saturated heterocycles. The number of rotatable bonds is 1. The fourth-order valence-corrected chi connectivity index (χ4v) is 2.33. The van der Waals surface area contributed by atoms with Gasteiger partial charge in [0.1, 0.15) is 0 Å². The van der Waals surface area contributed by atoms with Crippen LogP contribution in [-0.4, -0.2) is 50.7 Å². The van der Waals surface area contributed by atoms with E-state index in [2.05, 4.69) is 0 Å². The predicted octanol–water partition coefficient (Wildman–Crippen LogP) is -0.235. The molecule has 0 unspecified atom stereocenters. The Morgan fingerprint density at radius 1 is 1.11 bits per heavy atom. The molecule has 0 aliphatic rings. The van der Waals surface area contributed by atoms with Gasteiger partial charge in [0, 0.05) is 23.6 Å². The van der Waals surface area contributed by atoms with Crippen LogP contribution in [0, 0.1) is 0 Å². The van der Waals surface area contributed by atoms with E-state index in [4.69, 9.17) is 28.1 Å². The first-order valence-electron chi connectivity index (χ1n) is 4.35. The van der Waals surface area contributed by atoms with Gasteiger partial charge in [0.15, 0.2) is 0 Å². The number of hydrogen-bond donors (Lipinski definition) is 1. The van der Waals surface area contributed by atoms with Crippen molar-refractivity contribution < 1.29 is 13.0 Å². The van der Waals surface area contributed by atoms with Crippen LogP contribution in [0.5, 0.6) is 0 Å². The molecule has 0 atom stereocenters. The van der Waals surface area contributed by atoms with Crippen molar-refractivity contribution in [2.24, 2.45) is 0 Å². The number of benzene rings is 1. The van der Waals surface area contributed by atoms with Gasteiger partial charge in [0.2, 0.25) is 0 Å². The van der Waals surface area contributed by atoms with E-state index in [1.165, 1.54) is 0 Å². The predicted molar refractivity (Wildman–Crippen MR) is 71.9 cm³/mol. The van der Waals surface area contributed by atoms with E-state index < -0.39 is 26.3 Å². The topological polar surface area (TPSA) is 98.4 Å². The van der Waals surface area contributed by atoms with Crippen molar-refractivity contribution in [3.05, 3.63) is 39.0 Å². The minimum atomic E-state index is -4.47. The number of hydrogen-bond acceptors (Lipinski definition) is 4. The van der Waals surface area contributed by atoms with Gasteiger partial charge in [-0.05, 0) is 18.2 Å². The normalized spacial score (nSPS) is 11.3. The second-order valence-electron chi connectivity index (χ2n) is 3.30. The molecule has 1 heterocycles. The zero-order chi connectivity index (χ0) is 13.7. The second kappa shape index (κ2) is 5.57. The van der Waals surface area contributed by atoms with Crippen molar-refractivity contribution in [3.63, 3.8) is 0 Å². The van der Waals surface area contributed by atoms with Crippen LogP contribution >= 0.6 is 23.6 Å². The second-order valence-corrected chi connectivity index (χ2v) is 5.40. The molecule has 0 aliphatic heterocycles. The van der Waals surface area contributed by atoms with Crippen LogP contribution in [0.2, 0.25) is 0 Å². The summed E-state index contributed by atoms with van der Waals surface area (Å²) in [6.45, 7) is 0. The van der Waals surface area contributed by atoms with Gasteiger partial charge in [-0.2, -0.15) is 12.5 Å². The molecule has 2 rings (SSSR count). The third-order valence-electron chi connectivity index (χ3n) is 2.22. The van der Waals surface area contributed by atoms with E-state index in [-0.39, 0.29) is 44.5 Å². The summed E-state index contributed by atoms with van der Waals surface area (Å²) in [6, 6.07) is 3.00. The van der Waals surface area contributed by atoms with Crippen LogP contribution < -0.4 is 11.2 Å². The number of halogens is 2. The van der Waals surface area contributed by atoms with Gasteiger partial charge in [0.25, 0.3) is 15.7 Å². The summed E-state index contributed by atoms with van der Waals surface area (Å²) in [5.41, 5.74) is -1.93. The molecule has 98 valence electrons. The summed E-state index contributed by atoms with van der Waals surface area (Å²) in [5, 5.41) is -0.213. The van der Waals surface area contributed by atoms with Gasteiger partial charge in [-0.15, -0.1) is 0 Å². The van der Waals surface area contributed by atoms with Crippen LogP contribution in [0.25, 0.3) is 10.9 Å². The van der Waals surface area contributed by atoms with Crippen LogP contribution in [0.1, 0.15) is 0 Å². The molecule has 0 amide bonds. The van der Waals surface area contributed by atoms with Crippen molar-refractivity contribution in [1.29, 1.82) is 0 Å². The Morgan fingerprint density at radius 2 is 1.68 bits per heavy atom. The zero-order valence-electron chi connectivity index (χ0n) is 8.37. The molecule has 1 aromatic carbocycles. The van der Waals surface area contributed by atoms with Gasteiger partial charge in [0.05, 0.1) is 15.8 Å². The van der Waals surface area contributed by atoms with E-state index in [1.807, 2.05) is 0 Å². The first-order chi connectivity index (χ1) is 8.23. The summed E-state index contributed by atoms with van der Waals surface area (Å²) >= 11 is 11.0. The van der Waals surface area contributed by atoms with E-state index in [1.54, 1.807) is 0 Å². The summed E-state index contributed by atoms with van der Waals surface area (Å²) < 4.78 is 31.5. The van der Waals surface area contributed by atoms with E-state index in [0.717, 1.165) is 18.2 Å². The number of fused-ring (bicyclic) bond motifs is 1. The fraction of sp³-hybridized carbons (Fsp3) is 0. The first-order valence-corrected chi connectivity index (χ1v) is 6.46. The standard InChI is InChI=1S/C8H4Cl2N2O5S.Na.H/c9-11-6-2-1-4(18(15,16)17)3-5(6)7(13)12(10)8(11)14;;/h1-3H,(H,15,16,17);;. The fourth-order valence-electron chi connectivity index (χ4n) is 1.39. The Bertz CT molecular complexity index is 873. The molecule has 0 bridgehead atoms. The summed E-state index contributed by atoms with van der Waals surface area (Å²) in [6.07, 6.45) is 0. The Kier molecular flexibility index (Phi) is 4.89. The van der Waals surface area contributed by atoms with Crippen LogP contribution in [0.3, 0.4) is 0 Å². The molecule has 2 aromatic rings. The van der Waals surface area contributed by atoms with Crippen LogP contribution in [-0.2, 0) is 10.1 Å². The van der Waals surface area contributed by atoms with Gasteiger partial charge >= 0.3 is 35.2 Å². The number of aromatic nitrogens is 2. The molecule has 0 aliphatic carbocycles. The van der Waals surface area contributed by atoms with Gasteiger partial charge < -0.3 is 0 Å². The minimum absolute atomic E-state index is 0. The van der Waals surface area contributed by atoms with E-state index in [9.17, 15) is 18.0 Å². The Hall–Kier alpha value is -0.350. The van der Waals surface area contributed by atoms with Gasteiger partial charge in [-0.25, -0.2) is 8.88 Å². The maximum absolute atomic E-state index is 11.7. The van der Waals surface area contributed by atoms with Gasteiger partial charge in [-0.1, -0.05) is 0 Å². The Balaban J connectivity index is 0.00000180. The molecular weight excluding hydrogens is 330 g/mol. The number of nitrogens with zero attached hydrogens (tertiary/aromatic N) is 2. The molecule has 11 heteroatoms. The average Bonchev–Trinajstić information content (AvgIpc) is 2.32. The van der Waals surface area contributed by atoms with Crippen molar-refractivity contribution in [3.8, 4) is 0 Å².